The lowest BCUT2D eigenvalue weighted by Gasteiger charge is -2.27. The first-order chi connectivity index (χ1) is 12.7. The summed E-state index contributed by atoms with van der Waals surface area (Å²) in [6, 6.07) is 10.5. The van der Waals surface area contributed by atoms with Crippen LogP contribution in [0.1, 0.15) is 29.0 Å². The molecule has 1 amide bonds. The van der Waals surface area contributed by atoms with Crippen molar-refractivity contribution in [3.63, 3.8) is 0 Å². The molecular formula is C19H20N6O. The first-order valence-electron chi connectivity index (χ1n) is 8.99. The number of rotatable bonds is 2. The molecule has 4 heterocycles. The number of carbonyl (C=O) groups excluding carboxylic acids is 1. The predicted octanol–water partition coefficient (Wildman–Crippen LogP) is 1.91. The maximum atomic E-state index is 13.1. The van der Waals surface area contributed by atoms with Gasteiger partial charge in [0, 0.05) is 37.8 Å². The molecule has 3 aromatic rings. The van der Waals surface area contributed by atoms with Crippen molar-refractivity contribution in [2.75, 3.05) is 0 Å². The van der Waals surface area contributed by atoms with E-state index >= 15 is 0 Å². The fourth-order valence-corrected chi connectivity index (χ4v) is 4.25. The number of carbonyl (C=O) groups is 1. The van der Waals surface area contributed by atoms with Crippen LogP contribution in [0.2, 0.25) is 0 Å². The summed E-state index contributed by atoms with van der Waals surface area (Å²) in [7, 11) is 1.83. The summed E-state index contributed by atoms with van der Waals surface area (Å²) in [5.74, 6) is 1.94. The molecule has 5 rings (SSSR count). The van der Waals surface area contributed by atoms with Gasteiger partial charge in [-0.25, -0.2) is 0 Å². The third-order valence-electron chi connectivity index (χ3n) is 5.48. The van der Waals surface area contributed by atoms with Gasteiger partial charge in [-0.2, -0.15) is 5.10 Å². The van der Waals surface area contributed by atoms with E-state index in [1.54, 1.807) is 17.1 Å². The molecule has 0 radical (unpaired) electrons. The average Bonchev–Trinajstić information content (AvgIpc) is 3.33. The maximum Gasteiger partial charge on any atom is 0.257 e. The highest BCUT2D eigenvalue weighted by molar-refractivity contribution is 5.94. The van der Waals surface area contributed by atoms with E-state index in [4.69, 9.17) is 0 Å². The van der Waals surface area contributed by atoms with Gasteiger partial charge in [-0.1, -0.05) is 30.3 Å². The molecule has 132 valence electrons. The Morgan fingerprint density at radius 3 is 2.69 bits per heavy atom. The minimum atomic E-state index is 0.0746. The van der Waals surface area contributed by atoms with Crippen LogP contribution < -0.4 is 0 Å². The normalized spacial score (nSPS) is 21.5. The van der Waals surface area contributed by atoms with E-state index in [2.05, 4.69) is 36.9 Å². The molecular weight excluding hydrogens is 328 g/mol. The quantitative estimate of drug-likeness (QED) is 0.709. The van der Waals surface area contributed by atoms with Crippen molar-refractivity contribution in [1.82, 2.24) is 29.4 Å². The number of fused-ring (bicyclic) bond motifs is 3. The van der Waals surface area contributed by atoms with E-state index in [9.17, 15) is 4.79 Å². The van der Waals surface area contributed by atoms with Gasteiger partial charge in [0.1, 0.15) is 5.82 Å². The Morgan fingerprint density at radius 1 is 1.12 bits per heavy atom. The monoisotopic (exact) mass is 348 g/mol. The number of aromatic nitrogens is 5. The summed E-state index contributed by atoms with van der Waals surface area (Å²) in [5.41, 5.74) is 1.72. The largest absolute Gasteiger partial charge is 0.330 e. The van der Waals surface area contributed by atoms with Crippen molar-refractivity contribution in [2.24, 2.45) is 7.05 Å². The molecule has 0 saturated carbocycles. The van der Waals surface area contributed by atoms with Crippen LogP contribution in [0.3, 0.4) is 0 Å². The summed E-state index contributed by atoms with van der Waals surface area (Å²) in [6.07, 6.45) is 6.24. The van der Waals surface area contributed by atoms with Crippen molar-refractivity contribution in [2.45, 2.75) is 37.9 Å². The number of hydrogen-bond acceptors (Lipinski definition) is 4. The lowest BCUT2D eigenvalue weighted by molar-refractivity contribution is 0.0666. The van der Waals surface area contributed by atoms with E-state index in [0.717, 1.165) is 43.0 Å². The average molecular weight is 348 g/mol. The summed E-state index contributed by atoms with van der Waals surface area (Å²) in [4.78, 5) is 15.1. The zero-order valence-corrected chi connectivity index (χ0v) is 14.6. The van der Waals surface area contributed by atoms with Crippen molar-refractivity contribution >= 4 is 5.91 Å². The van der Waals surface area contributed by atoms with E-state index in [1.807, 2.05) is 25.2 Å². The Hall–Kier alpha value is -2.96. The van der Waals surface area contributed by atoms with Gasteiger partial charge in [0.2, 0.25) is 0 Å². The Labute approximate surface area is 151 Å². The summed E-state index contributed by atoms with van der Waals surface area (Å²) < 4.78 is 3.87. The van der Waals surface area contributed by atoms with Crippen molar-refractivity contribution in [3.05, 3.63) is 54.1 Å². The van der Waals surface area contributed by atoms with E-state index in [-0.39, 0.29) is 18.0 Å². The molecule has 2 atom stereocenters. The molecule has 0 spiro atoms. The first kappa shape index (κ1) is 15.3. The van der Waals surface area contributed by atoms with Crippen LogP contribution in [0.5, 0.6) is 0 Å². The molecule has 1 fully saturated rings. The maximum absolute atomic E-state index is 13.1. The van der Waals surface area contributed by atoms with Gasteiger partial charge < -0.3 is 9.47 Å². The molecule has 2 bridgehead atoms. The van der Waals surface area contributed by atoms with Gasteiger partial charge in [-0.15, -0.1) is 10.2 Å². The van der Waals surface area contributed by atoms with Crippen LogP contribution in [-0.4, -0.2) is 47.4 Å². The third kappa shape index (κ3) is 2.34. The van der Waals surface area contributed by atoms with Gasteiger partial charge >= 0.3 is 0 Å². The Bertz CT molecular complexity index is 960. The van der Waals surface area contributed by atoms with E-state index in [0.29, 0.717) is 5.56 Å². The van der Waals surface area contributed by atoms with Crippen LogP contribution >= 0.6 is 0 Å². The van der Waals surface area contributed by atoms with Crippen LogP contribution in [0, 0.1) is 0 Å². The lowest BCUT2D eigenvalue weighted by atomic mass is 10.1. The summed E-state index contributed by atoms with van der Waals surface area (Å²) >= 11 is 0. The molecule has 7 nitrogen and oxygen atoms in total. The highest BCUT2D eigenvalue weighted by Crippen LogP contribution is 2.34. The molecule has 2 aromatic heterocycles. The van der Waals surface area contributed by atoms with Crippen molar-refractivity contribution < 1.29 is 4.79 Å². The topological polar surface area (TPSA) is 68.8 Å². The van der Waals surface area contributed by atoms with E-state index < -0.39 is 0 Å². The lowest BCUT2D eigenvalue weighted by Crippen LogP contribution is -2.42. The number of amides is 1. The molecule has 0 aliphatic carbocycles. The minimum Gasteiger partial charge on any atom is -0.330 e. The fraction of sp³-hybridized carbons (Fsp3) is 0.368. The molecule has 26 heavy (non-hydrogen) atoms. The van der Waals surface area contributed by atoms with Crippen LogP contribution in [-0.2, 0) is 20.0 Å². The molecule has 0 unspecified atom stereocenters. The van der Waals surface area contributed by atoms with Crippen molar-refractivity contribution in [1.29, 1.82) is 0 Å². The molecule has 7 heteroatoms. The number of hydrogen-bond donors (Lipinski definition) is 0. The second-order valence-corrected chi connectivity index (χ2v) is 7.12. The molecule has 1 saturated heterocycles. The van der Waals surface area contributed by atoms with Crippen molar-refractivity contribution in [3.8, 4) is 11.4 Å². The van der Waals surface area contributed by atoms with Gasteiger partial charge in [0.15, 0.2) is 5.82 Å². The van der Waals surface area contributed by atoms with Crippen LogP contribution in [0.15, 0.2) is 42.7 Å². The number of benzene rings is 1. The zero-order chi connectivity index (χ0) is 17.7. The zero-order valence-electron chi connectivity index (χ0n) is 14.6. The van der Waals surface area contributed by atoms with Gasteiger partial charge in [-0.3, -0.25) is 9.48 Å². The second-order valence-electron chi connectivity index (χ2n) is 7.12. The SMILES string of the molecule is Cn1cc(C(=O)N2[C@@H]3CC[C@H]2Cc2nnc(-c4ccccc4)n2C3)cn1. The van der Waals surface area contributed by atoms with E-state index in [1.165, 1.54) is 0 Å². The van der Waals surface area contributed by atoms with Crippen LogP contribution in [0.4, 0.5) is 0 Å². The Balaban J connectivity index is 1.50. The van der Waals surface area contributed by atoms with Gasteiger partial charge in [0.25, 0.3) is 5.91 Å². The Kier molecular flexibility index (Phi) is 3.41. The highest BCUT2D eigenvalue weighted by atomic mass is 16.2. The molecule has 2 aliphatic rings. The fourth-order valence-electron chi connectivity index (χ4n) is 4.25. The summed E-state index contributed by atoms with van der Waals surface area (Å²) in [5, 5.41) is 13.0. The summed E-state index contributed by atoms with van der Waals surface area (Å²) in [6.45, 7) is 0.745. The van der Waals surface area contributed by atoms with Gasteiger partial charge in [0.05, 0.1) is 17.8 Å². The minimum absolute atomic E-state index is 0.0746. The molecule has 1 aromatic carbocycles. The standard InChI is InChI=1S/C19H20N6O/c1-23-11-14(10-20-23)19(26)25-15-7-8-16(25)12-24-17(9-15)21-22-18(24)13-5-3-2-4-6-13/h2-6,10-11,15-16H,7-9,12H2,1H3/t15-,16+/m0/s1. The van der Waals surface area contributed by atoms with Gasteiger partial charge in [-0.05, 0) is 12.8 Å². The highest BCUT2D eigenvalue weighted by Gasteiger charge is 2.41. The molecule has 2 aliphatic heterocycles. The number of aryl methyl sites for hydroxylation is 1. The van der Waals surface area contributed by atoms with Crippen LogP contribution in [0.25, 0.3) is 11.4 Å². The smallest absolute Gasteiger partial charge is 0.257 e. The third-order valence-corrected chi connectivity index (χ3v) is 5.48. The molecule has 0 N–H and O–H groups in total. The first-order valence-corrected chi connectivity index (χ1v) is 8.99. The second kappa shape index (κ2) is 5.79. The number of nitrogens with zero attached hydrogens (tertiary/aromatic N) is 6. The predicted molar refractivity (Wildman–Crippen MR) is 95.3 cm³/mol. The Morgan fingerprint density at radius 2 is 1.92 bits per heavy atom.